The second-order valence-electron chi connectivity index (χ2n) is 8.19. The van der Waals surface area contributed by atoms with Crippen LogP contribution in [0.1, 0.15) is 18.9 Å². The maximum Gasteiger partial charge on any atom is 0.318 e. The molecule has 0 saturated carbocycles. The molecule has 3 atom stereocenters. The van der Waals surface area contributed by atoms with Gasteiger partial charge in [-0.25, -0.2) is 13.2 Å². The lowest BCUT2D eigenvalue weighted by Crippen LogP contribution is -2.49. The van der Waals surface area contributed by atoms with Gasteiger partial charge in [0, 0.05) is 32.7 Å². The van der Waals surface area contributed by atoms with Gasteiger partial charge in [0.05, 0.1) is 31.3 Å². The molecule has 2 fully saturated rings. The van der Waals surface area contributed by atoms with Crippen LogP contribution < -0.4 is 10.1 Å². The number of nitrogens with one attached hydrogen (secondary N) is 1. The van der Waals surface area contributed by atoms with Gasteiger partial charge in [-0.2, -0.15) is 0 Å². The van der Waals surface area contributed by atoms with Crippen LogP contribution in [0.4, 0.5) is 4.79 Å². The molecule has 1 aromatic rings. The first-order chi connectivity index (χ1) is 14.4. The molecule has 3 rings (SSSR count). The van der Waals surface area contributed by atoms with E-state index >= 15 is 0 Å². The third kappa shape index (κ3) is 5.44. The van der Waals surface area contributed by atoms with Crippen molar-refractivity contribution >= 4 is 15.9 Å². The molecule has 2 N–H and O–H groups in total. The highest BCUT2D eigenvalue weighted by Crippen LogP contribution is 2.33. The van der Waals surface area contributed by atoms with E-state index in [9.17, 15) is 18.3 Å². The van der Waals surface area contributed by atoms with Crippen LogP contribution in [0.25, 0.3) is 0 Å². The number of carbonyl (C=O) groups excluding carboxylic acids is 1. The van der Waals surface area contributed by atoms with Crippen LogP contribution in [0.2, 0.25) is 0 Å². The lowest BCUT2D eigenvalue weighted by atomic mass is 9.88. The molecular formula is C21H33N3O5S. The topological polar surface area (TPSA) is 99.2 Å². The van der Waals surface area contributed by atoms with Crippen LogP contribution in [0.5, 0.6) is 5.75 Å². The van der Waals surface area contributed by atoms with Crippen LogP contribution in [-0.2, 0) is 16.4 Å². The van der Waals surface area contributed by atoms with Crippen LogP contribution in [-0.4, -0.2) is 86.8 Å². The zero-order valence-corrected chi connectivity index (χ0v) is 18.6. The fourth-order valence-corrected chi connectivity index (χ4v) is 5.77. The number of sulfone groups is 1. The Kier molecular flexibility index (Phi) is 7.60. The van der Waals surface area contributed by atoms with Crippen LogP contribution in [0.15, 0.2) is 24.3 Å². The predicted octanol–water partition coefficient (Wildman–Crippen LogP) is 0.954. The summed E-state index contributed by atoms with van der Waals surface area (Å²) in [4.78, 5) is 16.8. The summed E-state index contributed by atoms with van der Waals surface area (Å²) in [5.41, 5.74) is 0.974. The first kappa shape index (κ1) is 22.8. The molecule has 0 bridgehead atoms. The second kappa shape index (κ2) is 9.98. The Labute approximate surface area is 179 Å². The van der Waals surface area contributed by atoms with Crippen molar-refractivity contribution in [2.24, 2.45) is 11.8 Å². The van der Waals surface area contributed by atoms with E-state index in [2.05, 4.69) is 17.1 Å². The molecule has 0 aliphatic carbocycles. The molecule has 2 aliphatic rings. The average molecular weight is 440 g/mol. The zero-order chi connectivity index (χ0) is 21.7. The standard InChI is InChI=1S/C21H33N3O5S/c1-3-17-13-24(21(26)22-12-16-4-6-18(29-2)7-5-16)20(15-25)19(17)14-23-8-10-30(27,28)11-9-23/h4-7,17,19-20,25H,3,8-15H2,1-2H3,(H,22,26)/t17-,19-,20-/m1/s1. The summed E-state index contributed by atoms with van der Waals surface area (Å²) < 4.78 is 28.6. The molecule has 168 valence electrons. The van der Waals surface area contributed by atoms with Gasteiger partial charge in [-0.3, -0.25) is 0 Å². The molecule has 8 nitrogen and oxygen atoms in total. The minimum absolute atomic E-state index is 0.0940. The minimum atomic E-state index is -2.92. The lowest BCUT2D eigenvalue weighted by Gasteiger charge is -2.33. The third-order valence-corrected chi connectivity index (χ3v) is 8.02. The Morgan fingerprint density at radius 3 is 2.47 bits per heavy atom. The number of aliphatic hydroxyl groups is 1. The first-order valence-electron chi connectivity index (χ1n) is 10.6. The molecule has 30 heavy (non-hydrogen) atoms. The van der Waals surface area contributed by atoms with Crippen LogP contribution in [0.3, 0.4) is 0 Å². The number of hydrogen-bond donors (Lipinski definition) is 2. The number of methoxy groups -OCH3 is 1. The van der Waals surface area contributed by atoms with Crippen LogP contribution >= 0.6 is 0 Å². The number of amides is 2. The molecule has 0 unspecified atom stereocenters. The third-order valence-electron chi connectivity index (χ3n) is 6.41. The van der Waals surface area contributed by atoms with Crippen LogP contribution in [0, 0.1) is 11.8 Å². The van der Waals surface area contributed by atoms with Gasteiger partial charge in [0.25, 0.3) is 0 Å². The number of nitrogens with zero attached hydrogens (tertiary/aromatic N) is 2. The molecule has 2 aliphatic heterocycles. The van der Waals surface area contributed by atoms with E-state index in [0.29, 0.717) is 32.7 Å². The van der Waals surface area contributed by atoms with Crippen molar-refractivity contribution < 1.29 is 23.1 Å². The number of ether oxygens (including phenoxy) is 1. The zero-order valence-electron chi connectivity index (χ0n) is 17.8. The van der Waals surface area contributed by atoms with Gasteiger partial charge < -0.3 is 25.0 Å². The molecule has 0 aromatic heterocycles. The number of urea groups is 1. The normalized spacial score (nSPS) is 26.5. The SMILES string of the molecule is CC[C@@H]1CN(C(=O)NCc2ccc(OC)cc2)[C@H](CO)[C@@H]1CN1CCS(=O)(=O)CC1. The highest BCUT2D eigenvalue weighted by atomic mass is 32.2. The van der Waals surface area contributed by atoms with Crippen molar-refractivity contribution in [3.63, 3.8) is 0 Å². The highest BCUT2D eigenvalue weighted by Gasteiger charge is 2.43. The van der Waals surface area contributed by atoms with E-state index in [1.807, 2.05) is 24.3 Å². The smallest absolute Gasteiger partial charge is 0.318 e. The largest absolute Gasteiger partial charge is 0.497 e. The summed E-state index contributed by atoms with van der Waals surface area (Å²) >= 11 is 0. The summed E-state index contributed by atoms with van der Waals surface area (Å²) in [6.45, 7) is 4.78. The Morgan fingerprint density at radius 2 is 1.90 bits per heavy atom. The molecule has 0 spiro atoms. The Hall–Kier alpha value is -1.84. The average Bonchev–Trinajstić information content (AvgIpc) is 3.11. The number of benzene rings is 1. The molecule has 1 aromatic carbocycles. The number of rotatable bonds is 7. The van der Waals surface area contributed by atoms with Gasteiger partial charge in [0.1, 0.15) is 5.75 Å². The number of aliphatic hydroxyl groups excluding tert-OH is 1. The van der Waals surface area contributed by atoms with E-state index in [1.54, 1.807) is 12.0 Å². The van der Waals surface area contributed by atoms with E-state index < -0.39 is 9.84 Å². The molecule has 0 radical (unpaired) electrons. The molecule has 2 amide bonds. The van der Waals surface area contributed by atoms with E-state index in [-0.39, 0.29) is 42.0 Å². The summed E-state index contributed by atoms with van der Waals surface area (Å²) in [6.07, 6.45) is 0.912. The van der Waals surface area contributed by atoms with Gasteiger partial charge in [-0.05, 0) is 29.5 Å². The summed E-state index contributed by atoms with van der Waals surface area (Å²) in [5.74, 6) is 1.56. The van der Waals surface area contributed by atoms with Crippen molar-refractivity contribution in [1.82, 2.24) is 15.1 Å². The Balaban J connectivity index is 1.60. The first-order valence-corrected chi connectivity index (χ1v) is 12.4. The number of carbonyl (C=O) groups is 1. The second-order valence-corrected chi connectivity index (χ2v) is 10.5. The summed E-state index contributed by atoms with van der Waals surface area (Å²) in [7, 11) is -1.31. The monoisotopic (exact) mass is 439 g/mol. The maximum absolute atomic E-state index is 12.9. The lowest BCUT2D eigenvalue weighted by molar-refractivity contribution is 0.121. The van der Waals surface area contributed by atoms with Gasteiger partial charge in [0.15, 0.2) is 9.84 Å². The Bertz CT molecular complexity index is 800. The van der Waals surface area contributed by atoms with Gasteiger partial charge >= 0.3 is 6.03 Å². The summed E-state index contributed by atoms with van der Waals surface area (Å²) in [5, 5.41) is 13.0. The van der Waals surface area contributed by atoms with Gasteiger partial charge in [-0.1, -0.05) is 25.5 Å². The van der Waals surface area contributed by atoms with E-state index in [1.165, 1.54) is 0 Å². The van der Waals surface area contributed by atoms with Crippen molar-refractivity contribution in [2.75, 3.05) is 51.4 Å². The van der Waals surface area contributed by atoms with E-state index in [0.717, 1.165) is 17.7 Å². The van der Waals surface area contributed by atoms with E-state index in [4.69, 9.17) is 4.74 Å². The van der Waals surface area contributed by atoms with Crippen molar-refractivity contribution in [1.29, 1.82) is 0 Å². The van der Waals surface area contributed by atoms with Crippen molar-refractivity contribution in [3.05, 3.63) is 29.8 Å². The van der Waals surface area contributed by atoms with Crippen molar-refractivity contribution in [3.8, 4) is 5.75 Å². The molecule has 2 heterocycles. The minimum Gasteiger partial charge on any atom is -0.497 e. The van der Waals surface area contributed by atoms with Gasteiger partial charge in [-0.15, -0.1) is 0 Å². The number of likely N-dealkylation sites (tertiary alicyclic amines) is 1. The van der Waals surface area contributed by atoms with Gasteiger partial charge in [0.2, 0.25) is 0 Å². The number of hydrogen-bond acceptors (Lipinski definition) is 6. The highest BCUT2D eigenvalue weighted by molar-refractivity contribution is 7.91. The summed E-state index contributed by atoms with van der Waals surface area (Å²) in [6, 6.07) is 7.10. The molecule has 9 heteroatoms. The molecule has 2 saturated heterocycles. The maximum atomic E-state index is 12.9. The molecular weight excluding hydrogens is 406 g/mol. The predicted molar refractivity (Wildman–Crippen MR) is 115 cm³/mol. The quantitative estimate of drug-likeness (QED) is 0.656. The Morgan fingerprint density at radius 1 is 1.23 bits per heavy atom. The fraction of sp³-hybridized carbons (Fsp3) is 0.667. The van der Waals surface area contributed by atoms with Crippen molar-refractivity contribution in [2.45, 2.75) is 25.9 Å². The fourth-order valence-electron chi connectivity index (χ4n) is 4.49.